The van der Waals surface area contributed by atoms with Crippen LogP contribution in [0.1, 0.15) is 31.7 Å². The second kappa shape index (κ2) is 6.22. The summed E-state index contributed by atoms with van der Waals surface area (Å²) in [6, 6.07) is 5.32. The Labute approximate surface area is 124 Å². The Kier molecular flexibility index (Phi) is 4.60. The van der Waals surface area contributed by atoms with Crippen molar-refractivity contribution in [2.45, 2.75) is 26.2 Å². The standard InChI is InChI=1S/C15H20N2O2S/c1-9-4-3-5-11(9)15(18)17-12-7-6-10(14(16)20)8-13(12)19-2/h6-9,11H,3-5H2,1-2H3,(H2,16,20)(H,17,18). The van der Waals surface area contributed by atoms with E-state index in [9.17, 15) is 4.79 Å². The first kappa shape index (κ1) is 14.8. The molecule has 108 valence electrons. The van der Waals surface area contributed by atoms with Crippen molar-refractivity contribution in [3.05, 3.63) is 23.8 Å². The van der Waals surface area contributed by atoms with Crippen molar-refractivity contribution in [1.82, 2.24) is 0 Å². The molecule has 0 aromatic heterocycles. The van der Waals surface area contributed by atoms with E-state index in [0.29, 0.717) is 22.3 Å². The average molecular weight is 292 g/mol. The number of hydrogen-bond donors (Lipinski definition) is 2. The van der Waals surface area contributed by atoms with E-state index in [1.165, 1.54) is 0 Å². The summed E-state index contributed by atoms with van der Waals surface area (Å²) < 4.78 is 5.30. The molecule has 1 fully saturated rings. The molecule has 0 radical (unpaired) electrons. The van der Waals surface area contributed by atoms with Crippen molar-refractivity contribution in [1.29, 1.82) is 0 Å². The fraction of sp³-hybridized carbons (Fsp3) is 0.467. The van der Waals surface area contributed by atoms with E-state index in [-0.39, 0.29) is 11.8 Å². The molecule has 2 unspecified atom stereocenters. The van der Waals surface area contributed by atoms with Crippen molar-refractivity contribution in [2.75, 3.05) is 12.4 Å². The third-order valence-corrected chi connectivity index (χ3v) is 4.18. The van der Waals surface area contributed by atoms with Crippen LogP contribution in [0.15, 0.2) is 18.2 Å². The third kappa shape index (κ3) is 3.10. The average Bonchev–Trinajstić information content (AvgIpc) is 2.85. The first-order valence-electron chi connectivity index (χ1n) is 6.81. The van der Waals surface area contributed by atoms with Gasteiger partial charge in [-0.2, -0.15) is 0 Å². The summed E-state index contributed by atoms with van der Waals surface area (Å²) in [5.41, 5.74) is 6.98. The van der Waals surface area contributed by atoms with E-state index in [1.807, 2.05) is 0 Å². The minimum absolute atomic E-state index is 0.0661. The summed E-state index contributed by atoms with van der Waals surface area (Å²) in [5.74, 6) is 1.18. The highest BCUT2D eigenvalue weighted by Gasteiger charge is 2.30. The number of anilines is 1. The Bertz CT molecular complexity index is 531. The molecular formula is C15H20N2O2S. The second-order valence-electron chi connectivity index (χ2n) is 5.28. The van der Waals surface area contributed by atoms with Gasteiger partial charge in [-0.15, -0.1) is 0 Å². The maximum absolute atomic E-state index is 12.3. The van der Waals surface area contributed by atoms with Gasteiger partial charge >= 0.3 is 0 Å². The molecule has 2 rings (SSSR count). The molecule has 5 heteroatoms. The quantitative estimate of drug-likeness (QED) is 0.838. The van der Waals surface area contributed by atoms with Gasteiger partial charge in [0.15, 0.2) is 0 Å². The third-order valence-electron chi connectivity index (χ3n) is 3.94. The van der Waals surface area contributed by atoms with Gasteiger partial charge in [-0.05, 0) is 37.0 Å². The van der Waals surface area contributed by atoms with Gasteiger partial charge < -0.3 is 15.8 Å². The number of nitrogens with one attached hydrogen (secondary N) is 1. The minimum Gasteiger partial charge on any atom is -0.495 e. The zero-order valence-corrected chi connectivity index (χ0v) is 12.6. The summed E-state index contributed by atoms with van der Waals surface area (Å²) in [5, 5.41) is 2.95. The van der Waals surface area contributed by atoms with E-state index in [4.69, 9.17) is 22.7 Å². The van der Waals surface area contributed by atoms with E-state index in [1.54, 1.807) is 25.3 Å². The summed E-state index contributed by atoms with van der Waals surface area (Å²) >= 11 is 4.94. The van der Waals surface area contributed by atoms with Gasteiger partial charge in [0.2, 0.25) is 5.91 Å². The van der Waals surface area contributed by atoms with Crippen molar-refractivity contribution in [3.63, 3.8) is 0 Å². The highest BCUT2D eigenvalue weighted by Crippen LogP contribution is 2.33. The molecule has 4 nitrogen and oxygen atoms in total. The van der Waals surface area contributed by atoms with E-state index >= 15 is 0 Å². The van der Waals surface area contributed by atoms with Crippen LogP contribution in [0, 0.1) is 11.8 Å². The Balaban J connectivity index is 2.16. The van der Waals surface area contributed by atoms with Crippen LogP contribution in [0.2, 0.25) is 0 Å². The molecule has 1 amide bonds. The van der Waals surface area contributed by atoms with Crippen LogP contribution in [-0.4, -0.2) is 18.0 Å². The maximum Gasteiger partial charge on any atom is 0.227 e. The molecule has 1 aromatic carbocycles. The molecule has 1 aliphatic rings. The number of carbonyl (C=O) groups is 1. The van der Waals surface area contributed by atoms with E-state index in [0.717, 1.165) is 24.8 Å². The van der Waals surface area contributed by atoms with Gasteiger partial charge in [-0.3, -0.25) is 4.79 Å². The first-order chi connectivity index (χ1) is 9.52. The minimum atomic E-state index is 0.0661. The molecule has 3 N–H and O–H groups in total. The summed E-state index contributed by atoms with van der Waals surface area (Å²) in [7, 11) is 1.56. The van der Waals surface area contributed by atoms with Gasteiger partial charge in [0.1, 0.15) is 10.7 Å². The van der Waals surface area contributed by atoms with E-state index < -0.39 is 0 Å². The molecule has 0 saturated heterocycles. The zero-order valence-electron chi connectivity index (χ0n) is 11.8. The van der Waals surface area contributed by atoms with Gasteiger partial charge in [-0.25, -0.2) is 0 Å². The number of rotatable bonds is 4. The van der Waals surface area contributed by atoms with Crippen LogP contribution in [0.25, 0.3) is 0 Å². The number of carbonyl (C=O) groups excluding carboxylic acids is 1. The van der Waals surface area contributed by atoms with Crippen LogP contribution in [-0.2, 0) is 4.79 Å². The van der Waals surface area contributed by atoms with Crippen LogP contribution in [0.5, 0.6) is 5.75 Å². The number of benzene rings is 1. The maximum atomic E-state index is 12.3. The molecule has 1 aromatic rings. The lowest BCUT2D eigenvalue weighted by Gasteiger charge is -2.17. The van der Waals surface area contributed by atoms with Crippen LogP contribution < -0.4 is 15.8 Å². The topological polar surface area (TPSA) is 64.3 Å². The number of methoxy groups -OCH3 is 1. The van der Waals surface area contributed by atoms with Crippen LogP contribution >= 0.6 is 12.2 Å². The number of ether oxygens (including phenoxy) is 1. The number of thiocarbonyl (C=S) groups is 1. The van der Waals surface area contributed by atoms with Gasteiger partial charge in [0.05, 0.1) is 12.8 Å². The van der Waals surface area contributed by atoms with E-state index in [2.05, 4.69) is 12.2 Å². The van der Waals surface area contributed by atoms with Crippen molar-refractivity contribution in [3.8, 4) is 5.75 Å². The highest BCUT2D eigenvalue weighted by atomic mass is 32.1. The number of amides is 1. The first-order valence-corrected chi connectivity index (χ1v) is 7.22. The Hall–Kier alpha value is -1.62. The summed E-state index contributed by atoms with van der Waals surface area (Å²) in [6.45, 7) is 2.13. The summed E-state index contributed by atoms with van der Waals surface area (Å²) in [6.07, 6.45) is 3.20. The smallest absolute Gasteiger partial charge is 0.227 e. The highest BCUT2D eigenvalue weighted by molar-refractivity contribution is 7.80. The van der Waals surface area contributed by atoms with Crippen LogP contribution in [0.4, 0.5) is 5.69 Å². The van der Waals surface area contributed by atoms with Gasteiger partial charge in [0.25, 0.3) is 0 Å². The van der Waals surface area contributed by atoms with Crippen LogP contribution in [0.3, 0.4) is 0 Å². The van der Waals surface area contributed by atoms with Gasteiger partial charge in [0, 0.05) is 11.5 Å². The molecule has 1 saturated carbocycles. The molecule has 1 aliphatic carbocycles. The van der Waals surface area contributed by atoms with Crippen molar-refractivity contribution >= 4 is 28.8 Å². The molecule has 0 bridgehead atoms. The predicted octanol–water partition coefficient (Wildman–Crippen LogP) is 2.70. The SMILES string of the molecule is COc1cc(C(N)=S)ccc1NC(=O)C1CCCC1C. The van der Waals surface area contributed by atoms with Gasteiger partial charge in [-0.1, -0.05) is 25.6 Å². The zero-order chi connectivity index (χ0) is 14.7. The molecule has 2 atom stereocenters. The van der Waals surface area contributed by atoms with Crippen molar-refractivity contribution < 1.29 is 9.53 Å². The number of hydrogen-bond acceptors (Lipinski definition) is 3. The Morgan fingerprint density at radius 3 is 2.75 bits per heavy atom. The second-order valence-corrected chi connectivity index (χ2v) is 5.72. The normalized spacial score (nSPS) is 21.5. The largest absolute Gasteiger partial charge is 0.495 e. The lowest BCUT2D eigenvalue weighted by molar-refractivity contribution is -0.120. The number of nitrogens with two attached hydrogens (primary N) is 1. The molecule has 20 heavy (non-hydrogen) atoms. The Morgan fingerprint density at radius 2 is 2.20 bits per heavy atom. The summed E-state index contributed by atoms with van der Waals surface area (Å²) in [4.78, 5) is 12.6. The fourth-order valence-corrected chi connectivity index (χ4v) is 2.84. The monoisotopic (exact) mass is 292 g/mol. The molecule has 0 heterocycles. The molecule has 0 spiro atoms. The lowest BCUT2D eigenvalue weighted by atomic mass is 9.97. The molecular weight excluding hydrogens is 272 g/mol. The Morgan fingerprint density at radius 1 is 1.45 bits per heavy atom. The molecule has 0 aliphatic heterocycles. The lowest BCUT2D eigenvalue weighted by Crippen LogP contribution is -2.24. The van der Waals surface area contributed by atoms with Crippen molar-refractivity contribution in [2.24, 2.45) is 17.6 Å². The fourth-order valence-electron chi connectivity index (χ4n) is 2.71. The predicted molar refractivity (Wildman–Crippen MR) is 84.0 cm³/mol.